The second-order valence-electron chi connectivity index (χ2n) is 9.70. The van der Waals surface area contributed by atoms with Gasteiger partial charge in [0.1, 0.15) is 0 Å². The first kappa shape index (κ1) is 22.5. The number of rotatable bonds is 6. The average Bonchev–Trinajstić information content (AvgIpc) is 3.57. The maximum absolute atomic E-state index is 12.8. The van der Waals surface area contributed by atoms with Crippen molar-refractivity contribution < 1.29 is 9.59 Å². The van der Waals surface area contributed by atoms with Crippen LogP contribution in [0.5, 0.6) is 0 Å². The van der Waals surface area contributed by atoms with Crippen LogP contribution >= 0.6 is 0 Å². The van der Waals surface area contributed by atoms with Gasteiger partial charge < -0.3 is 20.4 Å². The van der Waals surface area contributed by atoms with Crippen LogP contribution in [0, 0.1) is 11.8 Å². The molecule has 0 aromatic heterocycles. The molecular formula is C28H34N4O2. The molecule has 0 bridgehead atoms. The first-order valence-corrected chi connectivity index (χ1v) is 12.6. The lowest BCUT2D eigenvalue weighted by Gasteiger charge is -2.28. The molecule has 3 aliphatic rings. The van der Waals surface area contributed by atoms with E-state index in [9.17, 15) is 9.59 Å². The highest BCUT2D eigenvalue weighted by atomic mass is 16.2. The van der Waals surface area contributed by atoms with Gasteiger partial charge >= 0.3 is 0 Å². The second-order valence-corrected chi connectivity index (χ2v) is 9.70. The van der Waals surface area contributed by atoms with Gasteiger partial charge in [-0.15, -0.1) is 0 Å². The van der Waals surface area contributed by atoms with Crippen LogP contribution < -0.4 is 20.4 Å². The molecular weight excluding hydrogens is 424 g/mol. The van der Waals surface area contributed by atoms with E-state index in [1.165, 1.54) is 49.9 Å². The Kier molecular flexibility index (Phi) is 6.57. The monoisotopic (exact) mass is 458 g/mol. The summed E-state index contributed by atoms with van der Waals surface area (Å²) in [6.45, 7) is 8.33. The number of amides is 2. The third-order valence-electron chi connectivity index (χ3n) is 7.30. The molecule has 2 aliphatic heterocycles. The molecule has 6 heteroatoms. The normalized spacial score (nSPS) is 22.3. The number of anilines is 4. The zero-order valence-electron chi connectivity index (χ0n) is 19.8. The Morgan fingerprint density at radius 3 is 1.32 bits per heavy atom. The van der Waals surface area contributed by atoms with E-state index < -0.39 is 11.8 Å². The Hall–Kier alpha value is -3.28. The molecule has 34 heavy (non-hydrogen) atoms. The van der Waals surface area contributed by atoms with Crippen LogP contribution in [-0.2, 0) is 9.59 Å². The van der Waals surface area contributed by atoms with Crippen molar-refractivity contribution in [2.24, 2.45) is 11.8 Å². The van der Waals surface area contributed by atoms with Crippen LogP contribution in [0.15, 0.2) is 60.7 Å². The van der Waals surface area contributed by atoms with Crippen molar-refractivity contribution >= 4 is 34.6 Å². The maximum atomic E-state index is 12.8. The molecule has 2 saturated heterocycles. The van der Waals surface area contributed by atoms with Crippen molar-refractivity contribution in [3.05, 3.63) is 60.7 Å². The highest BCUT2D eigenvalue weighted by molar-refractivity contribution is 6.08. The van der Waals surface area contributed by atoms with E-state index in [1.54, 1.807) is 0 Å². The molecule has 0 radical (unpaired) electrons. The van der Waals surface area contributed by atoms with E-state index in [2.05, 4.69) is 51.3 Å². The summed E-state index contributed by atoms with van der Waals surface area (Å²) in [6, 6.07) is 16.0. The van der Waals surface area contributed by atoms with Crippen molar-refractivity contribution in [2.75, 3.05) is 46.6 Å². The van der Waals surface area contributed by atoms with Crippen LogP contribution in [0.1, 0.15) is 38.5 Å². The Morgan fingerprint density at radius 1 is 0.618 bits per heavy atom. The maximum Gasteiger partial charge on any atom is 0.232 e. The fraction of sp³-hybridized carbons (Fsp3) is 0.429. The van der Waals surface area contributed by atoms with E-state index in [-0.39, 0.29) is 11.8 Å². The summed E-state index contributed by atoms with van der Waals surface area (Å²) < 4.78 is 0. The summed E-state index contributed by atoms with van der Waals surface area (Å²) in [5.74, 6) is -1.29. The predicted molar refractivity (Wildman–Crippen MR) is 138 cm³/mol. The molecule has 2 heterocycles. The third kappa shape index (κ3) is 4.96. The van der Waals surface area contributed by atoms with Crippen molar-refractivity contribution in [1.82, 2.24) is 0 Å². The molecule has 3 fully saturated rings. The predicted octanol–water partition coefficient (Wildman–Crippen LogP) is 5.05. The Balaban J connectivity index is 1.13. The molecule has 6 nitrogen and oxygen atoms in total. The first-order chi connectivity index (χ1) is 16.6. The number of carbonyl (C=O) groups is 2. The van der Waals surface area contributed by atoms with E-state index in [0.29, 0.717) is 5.57 Å². The third-order valence-corrected chi connectivity index (χ3v) is 7.30. The molecule has 2 atom stereocenters. The minimum absolute atomic E-state index is 0.170. The summed E-state index contributed by atoms with van der Waals surface area (Å²) in [5, 5.41) is 5.91. The average molecular weight is 459 g/mol. The molecule has 2 aromatic rings. The van der Waals surface area contributed by atoms with Gasteiger partial charge in [-0.05, 0) is 87.1 Å². The van der Waals surface area contributed by atoms with Crippen LogP contribution in [-0.4, -0.2) is 38.0 Å². The van der Waals surface area contributed by atoms with E-state index in [1.807, 2.05) is 24.3 Å². The molecule has 178 valence electrons. The summed E-state index contributed by atoms with van der Waals surface area (Å²) in [4.78, 5) is 30.4. The largest absolute Gasteiger partial charge is 0.372 e. The van der Waals surface area contributed by atoms with Crippen LogP contribution in [0.3, 0.4) is 0 Å². The molecule has 1 aliphatic carbocycles. The van der Waals surface area contributed by atoms with Gasteiger partial charge in [-0.1, -0.05) is 12.2 Å². The Bertz CT molecular complexity index is 952. The highest BCUT2D eigenvalue weighted by Gasteiger charge is 2.52. The molecule has 5 rings (SSSR count). The van der Waals surface area contributed by atoms with Gasteiger partial charge in [0.05, 0.1) is 11.8 Å². The highest BCUT2D eigenvalue weighted by Crippen LogP contribution is 2.45. The topological polar surface area (TPSA) is 64.7 Å². The van der Waals surface area contributed by atoms with Crippen LogP contribution in [0.2, 0.25) is 0 Å². The molecule has 1 saturated carbocycles. The molecule has 2 aromatic carbocycles. The van der Waals surface area contributed by atoms with Crippen LogP contribution in [0.25, 0.3) is 0 Å². The lowest BCUT2D eigenvalue weighted by Crippen LogP contribution is -2.29. The Labute approximate surface area is 202 Å². The van der Waals surface area contributed by atoms with Gasteiger partial charge in [0.2, 0.25) is 11.8 Å². The van der Waals surface area contributed by atoms with E-state index in [4.69, 9.17) is 0 Å². The van der Waals surface area contributed by atoms with E-state index in [0.717, 1.165) is 37.6 Å². The summed E-state index contributed by atoms with van der Waals surface area (Å²) >= 11 is 0. The van der Waals surface area contributed by atoms with Gasteiger partial charge in [0, 0.05) is 48.9 Å². The fourth-order valence-corrected chi connectivity index (χ4v) is 5.21. The quantitative estimate of drug-likeness (QED) is 0.595. The van der Waals surface area contributed by atoms with Gasteiger partial charge in [-0.2, -0.15) is 0 Å². The first-order valence-electron chi connectivity index (χ1n) is 12.6. The molecule has 2 N–H and O–H groups in total. The SMILES string of the molecule is C=C1C(C(=O)Nc2ccc(N3CCCCC3)cc2)[C@@H]1C(=O)Nc1ccc(N2CCCCC2)cc1. The number of carbonyl (C=O) groups excluding carboxylic acids is 2. The standard InChI is InChI=1S/C28H34N4O2/c1-20-25(27(33)29-21-8-12-23(13-9-21)31-16-4-2-5-17-31)26(20)28(34)30-22-10-14-24(15-11-22)32-18-6-3-7-19-32/h8-15,25-26H,1-7,16-19H2,(H,29,33)(H,30,34)/t25-,26?/m1/s1. The van der Waals surface area contributed by atoms with Crippen LogP contribution in [0.4, 0.5) is 22.7 Å². The zero-order valence-corrected chi connectivity index (χ0v) is 19.8. The number of hydrogen-bond acceptors (Lipinski definition) is 4. The van der Waals surface area contributed by atoms with Gasteiger partial charge in [-0.3, -0.25) is 9.59 Å². The number of piperidine rings is 2. The van der Waals surface area contributed by atoms with Gasteiger partial charge in [0.15, 0.2) is 0 Å². The number of nitrogens with one attached hydrogen (secondary N) is 2. The van der Waals surface area contributed by atoms with Gasteiger partial charge in [0.25, 0.3) is 0 Å². The van der Waals surface area contributed by atoms with Gasteiger partial charge in [-0.25, -0.2) is 0 Å². The molecule has 2 amide bonds. The minimum atomic E-state index is -0.477. The summed E-state index contributed by atoms with van der Waals surface area (Å²) in [6.07, 6.45) is 7.52. The number of hydrogen-bond donors (Lipinski definition) is 2. The lowest BCUT2D eigenvalue weighted by atomic mass is 10.1. The summed E-state index contributed by atoms with van der Waals surface area (Å²) in [5.41, 5.74) is 4.55. The molecule has 1 unspecified atom stereocenters. The van der Waals surface area contributed by atoms with Crippen molar-refractivity contribution in [3.63, 3.8) is 0 Å². The molecule has 0 spiro atoms. The number of benzene rings is 2. The van der Waals surface area contributed by atoms with Crippen molar-refractivity contribution in [1.29, 1.82) is 0 Å². The summed E-state index contributed by atoms with van der Waals surface area (Å²) in [7, 11) is 0. The second kappa shape index (κ2) is 9.92. The fourth-order valence-electron chi connectivity index (χ4n) is 5.21. The smallest absolute Gasteiger partial charge is 0.232 e. The zero-order chi connectivity index (χ0) is 23.5. The van der Waals surface area contributed by atoms with E-state index >= 15 is 0 Å². The van der Waals surface area contributed by atoms with Crippen molar-refractivity contribution in [3.8, 4) is 0 Å². The lowest BCUT2D eigenvalue weighted by molar-refractivity contribution is -0.122. The van der Waals surface area contributed by atoms with Crippen molar-refractivity contribution in [2.45, 2.75) is 38.5 Å². The minimum Gasteiger partial charge on any atom is -0.372 e. The number of nitrogens with zero attached hydrogens (tertiary/aromatic N) is 2. The Morgan fingerprint density at radius 2 is 0.971 bits per heavy atom.